The van der Waals surface area contributed by atoms with Gasteiger partial charge < -0.3 is 9.30 Å². The van der Waals surface area contributed by atoms with Gasteiger partial charge in [0, 0.05) is 42.4 Å². The zero-order chi connectivity index (χ0) is 23.3. The van der Waals surface area contributed by atoms with Crippen molar-refractivity contribution in [3.63, 3.8) is 0 Å². The molecule has 1 aromatic carbocycles. The molecule has 1 saturated heterocycles. The van der Waals surface area contributed by atoms with Crippen molar-refractivity contribution in [3.8, 4) is 0 Å². The zero-order valence-electron chi connectivity index (χ0n) is 18.7. The second kappa shape index (κ2) is 8.65. The van der Waals surface area contributed by atoms with Gasteiger partial charge in [0.05, 0.1) is 5.25 Å². The first-order chi connectivity index (χ1) is 15.0. The van der Waals surface area contributed by atoms with Crippen LogP contribution in [0.15, 0.2) is 18.3 Å². The lowest BCUT2D eigenvalue weighted by Gasteiger charge is -2.24. The number of fused-ring (bicyclic) bond motifs is 1. The number of benzene rings is 1. The van der Waals surface area contributed by atoms with E-state index in [4.69, 9.17) is 4.74 Å². The Kier molecular flexibility index (Phi) is 6.37. The van der Waals surface area contributed by atoms with Crippen LogP contribution < -0.4 is 4.72 Å². The van der Waals surface area contributed by atoms with Crippen LogP contribution in [0.3, 0.4) is 0 Å². The minimum absolute atomic E-state index is 0.00820. The average Bonchev–Trinajstić information content (AvgIpc) is 3.51. The van der Waals surface area contributed by atoms with Crippen molar-refractivity contribution < 1.29 is 26.3 Å². The van der Waals surface area contributed by atoms with Crippen molar-refractivity contribution in [1.29, 1.82) is 0 Å². The Balaban J connectivity index is 1.83. The molecule has 178 valence electrons. The van der Waals surface area contributed by atoms with Gasteiger partial charge in [0.25, 0.3) is 6.43 Å². The Hall–Kier alpha value is -1.58. The minimum atomic E-state index is -3.86. The molecule has 1 atom stereocenters. The molecule has 1 aliphatic carbocycles. The van der Waals surface area contributed by atoms with E-state index < -0.39 is 33.6 Å². The first-order valence-electron chi connectivity index (χ1n) is 11.2. The summed E-state index contributed by atoms with van der Waals surface area (Å²) in [7, 11) is -3.86. The van der Waals surface area contributed by atoms with Crippen LogP contribution >= 0.6 is 0 Å². The first-order valence-corrected chi connectivity index (χ1v) is 12.7. The van der Waals surface area contributed by atoms with E-state index >= 15 is 4.39 Å². The predicted octanol–water partition coefficient (Wildman–Crippen LogP) is 5.11. The highest BCUT2D eigenvalue weighted by molar-refractivity contribution is 7.90. The van der Waals surface area contributed by atoms with Gasteiger partial charge in [-0.25, -0.2) is 26.3 Å². The maximum absolute atomic E-state index is 15.2. The molecule has 32 heavy (non-hydrogen) atoms. The number of ether oxygens (including phenoxy) is 1. The average molecular weight is 473 g/mol. The molecular formula is C23H31F3N2O3S. The lowest BCUT2D eigenvalue weighted by atomic mass is 9.90. The number of nitrogens with one attached hydrogen (secondary N) is 1. The molecule has 1 aromatic heterocycles. The second-order valence-electron chi connectivity index (χ2n) is 10.2. The molecule has 2 fully saturated rings. The van der Waals surface area contributed by atoms with Crippen LogP contribution in [-0.4, -0.2) is 37.9 Å². The molecule has 1 saturated carbocycles. The van der Waals surface area contributed by atoms with E-state index in [1.165, 1.54) is 6.07 Å². The largest absolute Gasteiger partial charge is 0.381 e. The number of sulfonamides is 1. The fraction of sp³-hybridized carbons (Fsp3) is 0.652. The quantitative estimate of drug-likeness (QED) is 0.609. The van der Waals surface area contributed by atoms with E-state index in [-0.39, 0.29) is 16.9 Å². The number of hydrogen-bond acceptors (Lipinski definition) is 3. The summed E-state index contributed by atoms with van der Waals surface area (Å²) < 4.78 is 77.7. The van der Waals surface area contributed by atoms with Gasteiger partial charge in [0.15, 0.2) is 0 Å². The van der Waals surface area contributed by atoms with Crippen LogP contribution in [0.5, 0.6) is 0 Å². The molecular weight excluding hydrogens is 441 g/mol. The van der Waals surface area contributed by atoms with Crippen LogP contribution in [-0.2, 0) is 21.3 Å². The van der Waals surface area contributed by atoms with Gasteiger partial charge in [-0.05, 0) is 54.7 Å². The number of halogens is 3. The van der Waals surface area contributed by atoms with E-state index in [1.807, 2.05) is 25.3 Å². The van der Waals surface area contributed by atoms with Crippen molar-refractivity contribution in [1.82, 2.24) is 9.29 Å². The van der Waals surface area contributed by atoms with Crippen molar-refractivity contribution in [2.75, 3.05) is 13.2 Å². The van der Waals surface area contributed by atoms with Crippen molar-refractivity contribution in [2.24, 2.45) is 5.41 Å². The van der Waals surface area contributed by atoms with Crippen LogP contribution in [0.25, 0.3) is 10.9 Å². The van der Waals surface area contributed by atoms with E-state index in [2.05, 4.69) is 4.72 Å². The molecule has 0 bridgehead atoms. The molecule has 0 radical (unpaired) electrons. The molecule has 2 aliphatic rings. The summed E-state index contributed by atoms with van der Waals surface area (Å²) in [4.78, 5) is 0. The summed E-state index contributed by atoms with van der Waals surface area (Å²) in [6.07, 6.45) is 0.956. The van der Waals surface area contributed by atoms with Gasteiger partial charge in [-0.2, -0.15) is 0 Å². The Labute approximate surface area is 187 Å². The maximum Gasteiger partial charge on any atom is 0.258 e. The fourth-order valence-corrected chi connectivity index (χ4v) is 6.00. The second-order valence-corrected chi connectivity index (χ2v) is 12.2. The summed E-state index contributed by atoms with van der Waals surface area (Å²) in [5, 5.41) is -0.296. The smallest absolute Gasteiger partial charge is 0.258 e. The van der Waals surface area contributed by atoms with E-state index in [9.17, 15) is 17.2 Å². The Bertz CT molecular complexity index is 1080. The molecule has 4 rings (SSSR count). The predicted molar refractivity (Wildman–Crippen MR) is 118 cm³/mol. The van der Waals surface area contributed by atoms with Gasteiger partial charge in [-0.15, -0.1) is 0 Å². The summed E-state index contributed by atoms with van der Waals surface area (Å²) in [5.41, 5.74) is 1.16. The van der Waals surface area contributed by atoms with Gasteiger partial charge in [-0.3, -0.25) is 0 Å². The third kappa shape index (κ3) is 4.99. The molecule has 2 aromatic rings. The van der Waals surface area contributed by atoms with Crippen molar-refractivity contribution >= 4 is 20.9 Å². The SMILES string of the molecule is CC(C)(C)Cn1cc([C@H](NS(=O)(=O)C2CC2)C(F)F)c2cc(F)c(C3CCOCC3)cc21. The molecule has 5 nitrogen and oxygen atoms in total. The van der Waals surface area contributed by atoms with Crippen molar-refractivity contribution in [2.45, 2.75) is 76.6 Å². The molecule has 9 heteroatoms. The monoisotopic (exact) mass is 472 g/mol. The Morgan fingerprint density at radius 1 is 1.16 bits per heavy atom. The van der Waals surface area contributed by atoms with E-state index in [0.29, 0.717) is 61.9 Å². The normalized spacial score (nSPS) is 19.7. The summed E-state index contributed by atoms with van der Waals surface area (Å²) in [5.74, 6) is -0.439. The van der Waals surface area contributed by atoms with Crippen LogP contribution in [0, 0.1) is 11.2 Å². The molecule has 2 heterocycles. The highest BCUT2D eigenvalue weighted by Gasteiger charge is 2.40. The third-order valence-electron chi connectivity index (χ3n) is 6.18. The maximum atomic E-state index is 15.2. The molecule has 0 unspecified atom stereocenters. The van der Waals surface area contributed by atoms with E-state index in [0.717, 1.165) is 0 Å². The fourth-order valence-electron chi connectivity index (χ4n) is 4.47. The highest BCUT2D eigenvalue weighted by Crippen LogP contribution is 2.38. The molecule has 0 spiro atoms. The third-order valence-corrected chi connectivity index (χ3v) is 8.11. The summed E-state index contributed by atoms with van der Waals surface area (Å²) >= 11 is 0. The molecule has 0 amide bonds. The van der Waals surface area contributed by atoms with Gasteiger partial charge in [-0.1, -0.05) is 20.8 Å². The zero-order valence-corrected chi connectivity index (χ0v) is 19.5. The molecule has 1 N–H and O–H groups in total. The Morgan fingerprint density at radius 2 is 1.81 bits per heavy atom. The van der Waals surface area contributed by atoms with Gasteiger partial charge in [0.1, 0.15) is 11.9 Å². The van der Waals surface area contributed by atoms with Crippen LogP contribution in [0.4, 0.5) is 13.2 Å². The van der Waals surface area contributed by atoms with Crippen LogP contribution in [0.2, 0.25) is 0 Å². The molecule has 1 aliphatic heterocycles. The van der Waals surface area contributed by atoms with Crippen LogP contribution in [0.1, 0.15) is 69.5 Å². The number of alkyl halides is 2. The lowest BCUT2D eigenvalue weighted by Crippen LogP contribution is -2.35. The Morgan fingerprint density at radius 3 is 2.38 bits per heavy atom. The first kappa shape index (κ1) is 23.6. The highest BCUT2D eigenvalue weighted by atomic mass is 32.2. The van der Waals surface area contributed by atoms with Crippen molar-refractivity contribution in [3.05, 3.63) is 35.3 Å². The topological polar surface area (TPSA) is 60.3 Å². The number of aromatic nitrogens is 1. The lowest BCUT2D eigenvalue weighted by molar-refractivity contribution is 0.0846. The standard InChI is InChI=1S/C23H31F3N2O3S/c1-23(2,3)13-28-12-18(21(22(25)26)27-32(29,30)15-4-5-15)17-10-19(24)16(11-20(17)28)14-6-8-31-9-7-14/h10-12,14-15,21-22,27H,4-9,13H2,1-3H3/t21-/m0/s1. The van der Waals surface area contributed by atoms with Gasteiger partial charge >= 0.3 is 0 Å². The number of hydrogen-bond donors (Lipinski definition) is 1. The minimum Gasteiger partial charge on any atom is -0.381 e. The summed E-state index contributed by atoms with van der Waals surface area (Å²) in [6, 6.07) is 1.33. The van der Waals surface area contributed by atoms with E-state index in [1.54, 1.807) is 12.3 Å². The number of rotatable bonds is 7. The number of nitrogens with zero attached hydrogens (tertiary/aromatic N) is 1. The van der Waals surface area contributed by atoms with Gasteiger partial charge in [0.2, 0.25) is 10.0 Å². The summed E-state index contributed by atoms with van der Waals surface area (Å²) in [6.45, 7) is 7.73.